The smallest absolute Gasteiger partial charge is 0.146 e. The molecule has 2 unspecified atom stereocenters. The van der Waals surface area contributed by atoms with Gasteiger partial charge < -0.3 is 29.2 Å². The first-order valence-electron chi connectivity index (χ1n) is 14.8. The van der Waals surface area contributed by atoms with Crippen molar-refractivity contribution in [2.45, 2.75) is 50.7 Å². The summed E-state index contributed by atoms with van der Waals surface area (Å²) in [5.74, 6) is -0.0675. The molecule has 40 heavy (non-hydrogen) atoms. The van der Waals surface area contributed by atoms with E-state index in [4.69, 9.17) is 18.9 Å². The van der Waals surface area contributed by atoms with Crippen molar-refractivity contribution in [3.05, 3.63) is 65.2 Å². The summed E-state index contributed by atoms with van der Waals surface area (Å²) in [4.78, 5) is 2.14. The van der Waals surface area contributed by atoms with E-state index in [1.165, 1.54) is 6.07 Å². The zero-order valence-corrected chi connectivity index (χ0v) is 24.1. The molecule has 2 heterocycles. The fraction of sp³-hybridized carbons (Fsp3) is 0.625. The van der Waals surface area contributed by atoms with Crippen LogP contribution in [0.4, 0.5) is 14.5 Å². The Hall–Kier alpha value is -2.10. The van der Waals surface area contributed by atoms with Gasteiger partial charge in [-0.15, -0.1) is 0 Å². The highest BCUT2D eigenvalue weighted by atomic mass is 19.1. The van der Waals surface area contributed by atoms with Gasteiger partial charge in [-0.2, -0.15) is 0 Å². The summed E-state index contributed by atoms with van der Waals surface area (Å²) in [6.45, 7) is 5.70. The number of hydrogen-bond donors (Lipinski definition) is 1. The molecule has 0 spiro atoms. The molecule has 1 N–H and O–H groups in total. The quantitative estimate of drug-likeness (QED) is 0.267. The summed E-state index contributed by atoms with van der Waals surface area (Å²) in [6, 6.07) is 12.1. The molecule has 2 aliphatic rings. The Morgan fingerprint density at radius 2 is 1.55 bits per heavy atom. The zero-order valence-electron chi connectivity index (χ0n) is 24.1. The second-order valence-corrected chi connectivity index (χ2v) is 11.0. The standard InChI is InChI=1S/C32H46F2N2O4/c1-37-16-6-18-39-31(26-9-4-14-35-22-26)25-12-13-29(34)30(21-25)36-15-5-10-27(23-36)32(40-19-7-17-38-2)24-8-3-11-28(33)20-24/h3,8,11-13,20-21,26-27,31-32,35H,4-7,9-10,14-19,22-23H2,1-2H3/t26-,27-,31?,32?/m1/s1. The second-order valence-electron chi connectivity index (χ2n) is 11.0. The van der Waals surface area contributed by atoms with Crippen LogP contribution >= 0.6 is 0 Å². The maximum absolute atomic E-state index is 15.4. The van der Waals surface area contributed by atoms with Crippen molar-refractivity contribution in [3.8, 4) is 0 Å². The van der Waals surface area contributed by atoms with E-state index in [-0.39, 0.29) is 29.8 Å². The van der Waals surface area contributed by atoms with E-state index in [1.54, 1.807) is 32.4 Å². The Morgan fingerprint density at radius 3 is 2.23 bits per heavy atom. The van der Waals surface area contributed by atoms with Gasteiger partial charge in [0.1, 0.15) is 11.6 Å². The number of anilines is 1. The lowest BCUT2D eigenvalue weighted by Gasteiger charge is -2.39. The molecule has 8 heteroatoms. The van der Waals surface area contributed by atoms with Crippen LogP contribution < -0.4 is 10.2 Å². The van der Waals surface area contributed by atoms with Crippen molar-refractivity contribution >= 4 is 5.69 Å². The first-order chi connectivity index (χ1) is 19.6. The summed E-state index contributed by atoms with van der Waals surface area (Å²) in [5, 5.41) is 3.50. The molecule has 222 valence electrons. The van der Waals surface area contributed by atoms with Gasteiger partial charge in [0.05, 0.1) is 17.9 Å². The van der Waals surface area contributed by atoms with E-state index >= 15 is 4.39 Å². The third-order valence-corrected chi connectivity index (χ3v) is 8.05. The maximum Gasteiger partial charge on any atom is 0.146 e. The molecule has 0 radical (unpaired) electrons. The van der Waals surface area contributed by atoms with Crippen molar-refractivity contribution in [2.24, 2.45) is 11.8 Å². The number of benzene rings is 2. The van der Waals surface area contributed by atoms with Crippen LogP contribution in [0.2, 0.25) is 0 Å². The third kappa shape index (κ3) is 8.70. The lowest BCUT2D eigenvalue weighted by atomic mass is 9.87. The minimum atomic E-state index is -0.275. The van der Waals surface area contributed by atoms with Crippen molar-refractivity contribution in [1.82, 2.24) is 5.32 Å². The topological polar surface area (TPSA) is 52.2 Å². The van der Waals surface area contributed by atoms with E-state index in [0.29, 0.717) is 44.6 Å². The minimum absolute atomic E-state index is 0.102. The zero-order chi connectivity index (χ0) is 28.2. The Kier molecular flexibility index (Phi) is 12.6. The SMILES string of the molecule is COCCCOC(c1ccc(F)c(N2CCC[C@@H](C(OCCCOC)c3cccc(F)c3)C2)c1)[C@@H]1CCCNC1. The highest BCUT2D eigenvalue weighted by Gasteiger charge is 2.32. The van der Waals surface area contributed by atoms with E-state index in [1.807, 2.05) is 18.2 Å². The van der Waals surface area contributed by atoms with Gasteiger partial charge in [0.2, 0.25) is 0 Å². The number of piperidine rings is 2. The molecule has 2 fully saturated rings. The second kappa shape index (κ2) is 16.4. The van der Waals surface area contributed by atoms with Gasteiger partial charge in [-0.3, -0.25) is 0 Å². The summed E-state index contributed by atoms with van der Waals surface area (Å²) in [5.41, 5.74) is 2.45. The van der Waals surface area contributed by atoms with Crippen LogP contribution in [0.5, 0.6) is 0 Å². The van der Waals surface area contributed by atoms with Crippen LogP contribution in [-0.2, 0) is 18.9 Å². The lowest BCUT2D eigenvalue weighted by Crippen LogP contribution is -2.39. The first-order valence-corrected chi connectivity index (χ1v) is 14.8. The Morgan fingerprint density at radius 1 is 0.850 bits per heavy atom. The molecule has 0 amide bonds. The number of hydrogen-bond acceptors (Lipinski definition) is 6. The molecular weight excluding hydrogens is 514 g/mol. The van der Waals surface area contributed by atoms with Gasteiger partial charge in [-0.1, -0.05) is 18.2 Å². The maximum atomic E-state index is 15.4. The van der Waals surface area contributed by atoms with E-state index in [9.17, 15) is 4.39 Å². The molecule has 4 rings (SSSR count). The highest BCUT2D eigenvalue weighted by molar-refractivity contribution is 5.51. The van der Waals surface area contributed by atoms with Crippen molar-refractivity contribution in [2.75, 3.05) is 71.7 Å². The molecular formula is C32H46F2N2O4. The molecule has 0 aromatic heterocycles. The van der Waals surface area contributed by atoms with Gasteiger partial charge in [-0.05, 0) is 80.5 Å². The average molecular weight is 561 g/mol. The molecule has 2 aromatic carbocycles. The average Bonchev–Trinajstić information content (AvgIpc) is 2.98. The molecule has 0 saturated carbocycles. The number of nitrogens with zero attached hydrogens (tertiary/aromatic N) is 1. The Labute approximate surface area is 238 Å². The largest absolute Gasteiger partial charge is 0.385 e. The van der Waals surface area contributed by atoms with Gasteiger partial charge in [0, 0.05) is 72.1 Å². The predicted molar refractivity (Wildman–Crippen MR) is 154 cm³/mol. The number of nitrogens with one attached hydrogen (secondary N) is 1. The van der Waals surface area contributed by atoms with Crippen LogP contribution in [0, 0.1) is 23.5 Å². The normalized spacial score (nSPS) is 21.4. The van der Waals surface area contributed by atoms with E-state index in [2.05, 4.69) is 10.2 Å². The molecule has 0 aliphatic carbocycles. The van der Waals surface area contributed by atoms with Crippen LogP contribution in [-0.4, -0.2) is 66.8 Å². The summed E-state index contributed by atoms with van der Waals surface area (Å²) in [7, 11) is 3.37. The van der Waals surface area contributed by atoms with Gasteiger partial charge in [0.25, 0.3) is 0 Å². The fourth-order valence-corrected chi connectivity index (χ4v) is 6.08. The van der Waals surface area contributed by atoms with Gasteiger partial charge >= 0.3 is 0 Å². The molecule has 2 saturated heterocycles. The predicted octanol–water partition coefficient (Wildman–Crippen LogP) is 6.07. The van der Waals surface area contributed by atoms with Crippen LogP contribution in [0.3, 0.4) is 0 Å². The van der Waals surface area contributed by atoms with Crippen LogP contribution in [0.25, 0.3) is 0 Å². The summed E-state index contributed by atoms with van der Waals surface area (Å²) >= 11 is 0. The van der Waals surface area contributed by atoms with E-state index in [0.717, 1.165) is 69.3 Å². The monoisotopic (exact) mass is 560 g/mol. The lowest BCUT2D eigenvalue weighted by molar-refractivity contribution is -0.00522. The van der Waals surface area contributed by atoms with Crippen molar-refractivity contribution in [1.29, 1.82) is 0 Å². The molecule has 0 bridgehead atoms. The number of ether oxygens (including phenoxy) is 4. The number of rotatable bonds is 15. The Balaban J connectivity index is 1.54. The molecule has 6 nitrogen and oxygen atoms in total. The van der Waals surface area contributed by atoms with Crippen molar-refractivity contribution in [3.63, 3.8) is 0 Å². The highest BCUT2D eigenvalue weighted by Crippen LogP contribution is 2.38. The fourth-order valence-electron chi connectivity index (χ4n) is 6.08. The number of methoxy groups -OCH3 is 2. The van der Waals surface area contributed by atoms with Crippen molar-refractivity contribution < 1.29 is 27.7 Å². The molecule has 2 aliphatic heterocycles. The number of halogens is 2. The molecule has 2 aromatic rings. The van der Waals surface area contributed by atoms with Crippen LogP contribution in [0.1, 0.15) is 61.9 Å². The molecule has 4 atom stereocenters. The Bertz CT molecular complexity index is 1020. The van der Waals surface area contributed by atoms with Gasteiger partial charge in [0.15, 0.2) is 0 Å². The summed E-state index contributed by atoms with van der Waals surface area (Å²) < 4.78 is 52.7. The van der Waals surface area contributed by atoms with E-state index < -0.39 is 0 Å². The van der Waals surface area contributed by atoms with Gasteiger partial charge in [-0.25, -0.2) is 8.78 Å². The summed E-state index contributed by atoms with van der Waals surface area (Å²) in [6.07, 6.45) is 5.23. The van der Waals surface area contributed by atoms with Crippen LogP contribution in [0.15, 0.2) is 42.5 Å². The third-order valence-electron chi connectivity index (χ3n) is 8.05. The minimum Gasteiger partial charge on any atom is -0.385 e. The first kappa shape index (κ1) is 30.8.